The number of hydrogen-bond acceptors (Lipinski definition) is 3. The first-order valence-corrected chi connectivity index (χ1v) is 11.7. The minimum atomic E-state index is -1.11. The van der Waals surface area contributed by atoms with E-state index in [1.165, 1.54) is 0 Å². The zero-order valence-corrected chi connectivity index (χ0v) is 18.1. The van der Waals surface area contributed by atoms with Crippen LogP contribution >= 0.6 is 34.2 Å². The van der Waals surface area contributed by atoms with Crippen LogP contribution in [0.2, 0.25) is 16.7 Å². The first kappa shape index (κ1) is 17.6. The van der Waals surface area contributed by atoms with Crippen LogP contribution in [-0.4, -0.2) is 30.0 Å². The van der Waals surface area contributed by atoms with Crippen LogP contribution in [0, 0.1) is 9.62 Å². The molecule has 0 saturated heterocycles. The molecule has 1 aliphatic carbocycles. The van der Waals surface area contributed by atoms with Gasteiger partial charge in [0.25, 0.3) is 0 Å². The molecule has 1 aliphatic rings. The molecular formula is C16H23ClIN3OSi. The highest BCUT2D eigenvalue weighted by Gasteiger charge is 2.35. The quantitative estimate of drug-likeness (QED) is 0.489. The van der Waals surface area contributed by atoms with Gasteiger partial charge < -0.3 is 4.43 Å². The van der Waals surface area contributed by atoms with E-state index >= 15 is 0 Å². The van der Waals surface area contributed by atoms with Gasteiger partial charge in [-0.25, -0.2) is 9.97 Å². The maximum Gasteiger partial charge on any atom is 0.179 e. The average Bonchev–Trinajstić information content (AvgIpc) is 2.74. The van der Waals surface area contributed by atoms with Crippen molar-refractivity contribution < 1.29 is 4.43 Å². The van der Waals surface area contributed by atoms with Crippen LogP contribution in [-0.2, 0) is 4.43 Å². The first-order valence-electron chi connectivity index (χ1n) is 8.07. The van der Waals surface area contributed by atoms with Crippen molar-refractivity contribution in [1.82, 2.24) is 14.4 Å². The van der Waals surface area contributed by atoms with E-state index in [0.29, 0.717) is 22.0 Å². The van der Waals surface area contributed by atoms with Gasteiger partial charge in [0.1, 0.15) is 15.0 Å². The van der Waals surface area contributed by atoms with E-state index in [-0.39, 0.29) is 0 Å². The van der Waals surface area contributed by atoms with Gasteiger partial charge in [0.05, 0.1) is 0 Å². The summed E-state index contributed by atoms with van der Waals surface area (Å²) in [6.07, 6.45) is 6.01. The van der Waals surface area contributed by atoms with Gasteiger partial charge in [0.15, 0.2) is 14.2 Å². The largest absolute Gasteiger partial charge is 0.420 e. The zero-order chi connectivity index (χ0) is 16.8. The highest BCUT2D eigenvalue weighted by Crippen LogP contribution is 2.42. The monoisotopic (exact) mass is 463 g/mol. The Balaban J connectivity index is 1.63. The summed E-state index contributed by atoms with van der Waals surface area (Å²) in [6, 6.07) is 0. The molecule has 0 bridgehead atoms. The third kappa shape index (κ3) is 3.60. The summed E-state index contributed by atoms with van der Waals surface area (Å²) in [5, 5.41) is 0.863. The Morgan fingerprint density at radius 3 is 2.78 bits per heavy atom. The molecule has 23 heavy (non-hydrogen) atoms. The molecule has 0 aliphatic heterocycles. The number of nitrogens with zero attached hydrogens (tertiary/aromatic N) is 3. The fourth-order valence-corrected chi connectivity index (χ4v) is 5.10. The Bertz CT molecular complexity index is 709. The molecule has 1 atom stereocenters. The highest BCUT2D eigenvalue weighted by atomic mass is 127. The Morgan fingerprint density at radius 2 is 2.13 bits per heavy atom. The molecule has 2 heterocycles. The van der Waals surface area contributed by atoms with Crippen LogP contribution in [0.5, 0.6) is 0 Å². The Hall–Kier alpha value is -0.183. The SMILES string of the molecule is C[SiH](OC[C@H]1C[C@@H](c2nc(I)c3c(Cl)nccn32)C1)C(C)(C)C. The van der Waals surface area contributed by atoms with Crippen LogP contribution in [0.15, 0.2) is 12.4 Å². The molecule has 1 saturated carbocycles. The van der Waals surface area contributed by atoms with E-state index in [9.17, 15) is 0 Å². The molecular weight excluding hydrogens is 441 g/mol. The van der Waals surface area contributed by atoms with Crippen molar-refractivity contribution in [1.29, 1.82) is 0 Å². The van der Waals surface area contributed by atoms with Crippen LogP contribution in [0.1, 0.15) is 45.4 Å². The molecule has 1 fully saturated rings. The van der Waals surface area contributed by atoms with Gasteiger partial charge in [0, 0.05) is 24.9 Å². The first-order chi connectivity index (χ1) is 10.8. The van der Waals surface area contributed by atoms with Crippen molar-refractivity contribution >= 4 is 48.7 Å². The fraction of sp³-hybridized carbons (Fsp3) is 0.625. The lowest BCUT2D eigenvalue weighted by atomic mass is 9.75. The molecule has 1 unspecified atom stereocenters. The van der Waals surface area contributed by atoms with Crippen LogP contribution < -0.4 is 0 Å². The molecule has 3 rings (SSSR count). The summed E-state index contributed by atoms with van der Waals surface area (Å²) >= 11 is 8.45. The third-order valence-electron chi connectivity index (χ3n) is 4.90. The molecule has 2 aromatic rings. The van der Waals surface area contributed by atoms with Gasteiger partial charge in [-0.1, -0.05) is 32.4 Å². The predicted molar refractivity (Wildman–Crippen MR) is 105 cm³/mol. The Labute approximate surface area is 157 Å². The Kier molecular flexibility index (Phi) is 5.07. The predicted octanol–water partition coefficient (Wildman–Crippen LogP) is 4.65. The van der Waals surface area contributed by atoms with Crippen molar-refractivity contribution in [3.8, 4) is 0 Å². The number of fused-ring (bicyclic) bond motifs is 1. The third-order valence-corrected chi connectivity index (χ3v) is 9.06. The average molecular weight is 464 g/mol. The van der Waals surface area contributed by atoms with E-state index in [2.05, 4.69) is 59.3 Å². The number of halogens is 2. The van der Waals surface area contributed by atoms with Crippen molar-refractivity contribution in [3.05, 3.63) is 27.1 Å². The van der Waals surface area contributed by atoms with Gasteiger partial charge >= 0.3 is 0 Å². The van der Waals surface area contributed by atoms with Gasteiger partial charge in [-0.15, -0.1) is 0 Å². The van der Waals surface area contributed by atoms with Gasteiger partial charge in [-0.05, 0) is 52.9 Å². The second kappa shape index (κ2) is 6.61. The van der Waals surface area contributed by atoms with Crippen LogP contribution in [0.3, 0.4) is 0 Å². The lowest BCUT2D eigenvalue weighted by Crippen LogP contribution is -2.33. The second-order valence-electron chi connectivity index (χ2n) is 7.57. The smallest absolute Gasteiger partial charge is 0.179 e. The summed E-state index contributed by atoms with van der Waals surface area (Å²) in [6.45, 7) is 10.1. The summed E-state index contributed by atoms with van der Waals surface area (Å²) in [5.74, 6) is 2.29. The van der Waals surface area contributed by atoms with E-state index in [1.54, 1.807) is 6.20 Å². The molecule has 0 spiro atoms. The summed E-state index contributed by atoms with van der Waals surface area (Å²) in [7, 11) is -1.11. The lowest BCUT2D eigenvalue weighted by molar-refractivity contribution is 0.149. The fourth-order valence-electron chi connectivity index (χ4n) is 2.88. The standard InChI is InChI=1S/C16H23ClIN3OSi/c1-16(2,3)23(4)22-9-10-7-11(8-10)15-20-14(18)12-13(17)19-5-6-21(12)15/h5-6,10-11,23H,7-9H2,1-4H3/t10-,11+,23?. The van der Waals surface area contributed by atoms with Gasteiger partial charge in [-0.3, -0.25) is 4.40 Å². The minimum absolute atomic E-state index is 0.336. The molecule has 0 aromatic carbocycles. The zero-order valence-electron chi connectivity index (χ0n) is 14.0. The highest BCUT2D eigenvalue weighted by molar-refractivity contribution is 14.1. The number of aromatic nitrogens is 3. The summed E-state index contributed by atoms with van der Waals surface area (Å²) in [4.78, 5) is 8.89. The lowest BCUT2D eigenvalue weighted by Gasteiger charge is -2.36. The molecule has 126 valence electrons. The van der Waals surface area contributed by atoms with Crippen molar-refractivity contribution in [3.63, 3.8) is 0 Å². The molecule has 4 nitrogen and oxygen atoms in total. The van der Waals surface area contributed by atoms with E-state index < -0.39 is 9.04 Å². The number of imidazole rings is 1. The molecule has 7 heteroatoms. The van der Waals surface area contributed by atoms with Crippen molar-refractivity contribution in [2.24, 2.45) is 5.92 Å². The summed E-state index contributed by atoms with van der Waals surface area (Å²) in [5.41, 5.74) is 0.929. The van der Waals surface area contributed by atoms with E-state index in [1.807, 2.05) is 6.20 Å². The van der Waals surface area contributed by atoms with Crippen LogP contribution in [0.4, 0.5) is 0 Å². The molecule has 0 amide bonds. The number of rotatable bonds is 4. The Morgan fingerprint density at radius 1 is 1.43 bits per heavy atom. The molecule has 0 radical (unpaired) electrons. The maximum atomic E-state index is 6.21. The maximum absolute atomic E-state index is 6.21. The molecule has 2 aromatic heterocycles. The van der Waals surface area contributed by atoms with Gasteiger partial charge in [-0.2, -0.15) is 0 Å². The van der Waals surface area contributed by atoms with E-state index in [4.69, 9.17) is 21.0 Å². The van der Waals surface area contributed by atoms with E-state index in [0.717, 1.165) is 34.5 Å². The second-order valence-corrected chi connectivity index (χ2v) is 12.3. The number of hydrogen-bond donors (Lipinski definition) is 0. The van der Waals surface area contributed by atoms with Crippen molar-refractivity contribution in [2.45, 2.75) is 51.1 Å². The molecule has 0 N–H and O–H groups in total. The van der Waals surface area contributed by atoms with Crippen LogP contribution in [0.25, 0.3) is 5.52 Å². The minimum Gasteiger partial charge on any atom is -0.420 e. The van der Waals surface area contributed by atoms with Gasteiger partial charge in [0.2, 0.25) is 0 Å². The topological polar surface area (TPSA) is 39.4 Å². The summed E-state index contributed by atoms with van der Waals surface area (Å²) < 4.78 is 9.22. The van der Waals surface area contributed by atoms with Crippen molar-refractivity contribution in [2.75, 3.05) is 6.61 Å². The normalized spacial score (nSPS) is 23.0.